The number of halogens is 2. The van der Waals surface area contributed by atoms with Crippen LogP contribution in [-0.4, -0.2) is 58.4 Å². The van der Waals surface area contributed by atoms with Crippen molar-refractivity contribution in [1.82, 2.24) is 19.7 Å². The van der Waals surface area contributed by atoms with E-state index in [-0.39, 0.29) is 23.5 Å². The van der Waals surface area contributed by atoms with Crippen LogP contribution >= 0.6 is 11.6 Å². The van der Waals surface area contributed by atoms with Gasteiger partial charge in [-0.05, 0) is 19.1 Å². The third kappa shape index (κ3) is 3.85. The van der Waals surface area contributed by atoms with Crippen LogP contribution in [0.2, 0.25) is 5.02 Å². The Morgan fingerprint density at radius 2 is 2.21 bits per heavy atom. The number of fused-ring (bicyclic) bond motifs is 1. The minimum absolute atomic E-state index is 0.0212. The van der Waals surface area contributed by atoms with E-state index in [1.165, 1.54) is 13.2 Å². The van der Waals surface area contributed by atoms with Gasteiger partial charge in [0.15, 0.2) is 0 Å². The van der Waals surface area contributed by atoms with Gasteiger partial charge in [0.25, 0.3) is 0 Å². The zero-order valence-corrected chi connectivity index (χ0v) is 16.9. The molecule has 0 bridgehead atoms. The van der Waals surface area contributed by atoms with Gasteiger partial charge in [-0.2, -0.15) is 5.10 Å². The standard InChI is InChI=1S/C20H21ClFN5O2/c1-13-10-25(18-8-19(29-2)15(21)7-16(18)22)5-6-27(13)20(28)12-26-11-14-3-4-23-9-17(14)24-26/h3-4,7-9,11,13H,5-6,10,12H2,1-2H3/t13-/m0/s1. The Labute approximate surface area is 172 Å². The third-order valence-electron chi connectivity index (χ3n) is 5.16. The number of carbonyl (C=O) groups is 1. The number of ether oxygens (including phenoxy) is 1. The predicted molar refractivity (Wildman–Crippen MR) is 109 cm³/mol. The number of amides is 1. The number of hydrogen-bond acceptors (Lipinski definition) is 5. The number of piperazine rings is 1. The molecule has 29 heavy (non-hydrogen) atoms. The van der Waals surface area contributed by atoms with Crippen molar-refractivity contribution in [3.8, 4) is 5.75 Å². The molecular weight excluding hydrogens is 397 g/mol. The van der Waals surface area contributed by atoms with Gasteiger partial charge in [-0.15, -0.1) is 0 Å². The maximum atomic E-state index is 14.4. The summed E-state index contributed by atoms with van der Waals surface area (Å²) in [5, 5.41) is 5.57. The van der Waals surface area contributed by atoms with Gasteiger partial charge in [0.05, 0.1) is 24.0 Å². The van der Waals surface area contributed by atoms with E-state index < -0.39 is 5.82 Å². The molecule has 3 heterocycles. The molecule has 3 aromatic rings. The van der Waals surface area contributed by atoms with E-state index in [0.29, 0.717) is 31.1 Å². The minimum atomic E-state index is -0.403. The van der Waals surface area contributed by atoms with Gasteiger partial charge >= 0.3 is 0 Å². The van der Waals surface area contributed by atoms with E-state index in [9.17, 15) is 9.18 Å². The van der Waals surface area contributed by atoms with Crippen molar-refractivity contribution < 1.29 is 13.9 Å². The average Bonchev–Trinajstić information content (AvgIpc) is 3.10. The quantitative estimate of drug-likeness (QED) is 0.653. The second-order valence-electron chi connectivity index (χ2n) is 7.08. The summed E-state index contributed by atoms with van der Waals surface area (Å²) in [4.78, 5) is 20.6. The van der Waals surface area contributed by atoms with Gasteiger partial charge < -0.3 is 14.5 Å². The van der Waals surface area contributed by atoms with E-state index in [0.717, 1.165) is 10.9 Å². The van der Waals surface area contributed by atoms with Crippen molar-refractivity contribution in [2.45, 2.75) is 19.5 Å². The summed E-state index contributed by atoms with van der Waals surface area (Å²) in [6, 6.07) is 4.64. The number of carbonyl (C=O) groups excluding carboxylic acids is 1. The fraction of sp³-hybridized carbons (Fsp3) is 0.350. The number of methoxy groups -OCH3 is 1. The van der Waals surface area contributed by atoms with Crippen LogP contribution in [0, 0.1) is 5.82 Å². The Bertz CT molecular complexity index is 1020. The summed E-state index contributed by atoms with van der Waals surface area (Å²) in [6.45, 7) is 3.63. The Kier molecular flexibility index (Phi) is 5.27. The first-order valence-corrected chi connectivity index (χ1v) is 9.68. The van der Waals surface area contributed by atoms with Crippen LogP contribution in [0.25, 0.3) is 10.9 Å². The zero-order chi connectivity index (χ0) is 20.5. The smallest absolute Gasteiger partial charge is 0.244 e. The molecule has 1 atom stereocenters. The van der Waals surface area contributed by atoms with E-state index in [1.54, 1.807) is 23.1 Å². The number of benzene rings is 1. The Hall–Kier alpha value is -2.87. The average molecular weight is 418 g/mol. The molecule has 152 valence electrons. The van der Waals surface area contributed by atoms with Crippen molar-refractivity contribution in [3.63, 3.8) is 0 Å². The number of pyridine rings is 1. The molecule has 0 aliphatic carbocycles. The molecule has 1 fully saturated rings. The SMILES string of the molecule is COc1cc(N2CCN(C(=O)Cn3cc4ccncc4n3)[C@@H](C)C2)c(F)cc1Cl. The van der Waals surface area contributed by atoms with Crippen molar-refractivity contribution in [2.75, 3.05) is 31.6 Å². The molecule has 0 unspecified atom stereocenters. The number of hydrogen-bond donors (Lipinski definition) is 0. The maximum absolute atomic E-state index is 14.4. The predicted octanol–water partition coefficient (Wildman–Crippen LogP) is 2.97. The monoisotopic (exact) mass is 417 g/mol. The first-order valence-electron chi connectivity index (χ1n) is 9.31. The van der Waals surface area contributed by atoms with Crippen LogP contribution in [0.5, 0.6) is 5.75 Å². The van der Waals surface area contributed by atoms with Crippen molar-refractivity contribution in [1.29, 1.82) is 0 Å². The lowest BCUT2D eigenvalue weighted by Gasteiger charge is -2.41. The largest absolute Gasteiger partial charge is 0.495 e. The Balaban J connectivity index is 1.45. The fourth-order valence-corrected chi connectivity index (χ4v) is 3.92. The minimum Gasteiger partial charge on any atom is -0.495 e. The molecule has 9 heteroatoms. The van der Waals surface area contributed by atoms with E-state index in [2.05, 4.69) is 10.1 Å². The summed E-state index contributed by atoms with van der Waals surface area (Å²) in [5.41, 5.74) is 1.18. The van der Waals surface area contributed by atoms with Crippen LogP contribution in [0.15, 0.2) is 36.8 Å². The second kappa shape index (κ2) is 7.87. The molecule has 7 nitrogen and oxygen atoms in total. The molecule has 1 aliphatic rings. The van der Waals surface area contributed by atoms with Gasteiger partial charge in [-0.25, -0.2) is 4.39 Å². The number of nitrogens with zero attached hydrogens (tertiary/aromatic N) is 5. The molecule has 0 spiro atoms. The lowest BCUT2D eigenvalue weighted by atomic mass is 10.1. The van der Waals surface area contributed by atoms with Crippen LogP contribution in [0.4, 0.5) is 10.1 Å². The first-order chi connectivity index (χ1) is 14.0. The van der Waals surface area contributed by atoms with Gasteiger partial charge in [-0.3, -0.25) is 14.5 Å². The Morgan fingerprint density at radius 1 is 1.38 bits per heavy atom. The number of aromatic nitrogens is 3. The highest BCUT2D eigenvalue weighted by molar-refractivity contribution is 6.32. The van der Waals surface area contributed by atoms with Crippen LogP contribution < -0.4 is 9.64 Å². The number of anilines is 1. The summed E-state index contributed by atoms with van der Waals surface area (Å²) in [5.74, 6) is 0.00107. The van der Waals surface area contributed by atoms with E-state index in [1.807, 2.05) is 29.0 Å². The normalized spacial score (nSPS) is 17.0. The molecular formula is C20H21ClFN5O2. The lowest BCUT2D eigenvalue weighted by molar-refractivity contribution is -0.134. The molecule has 0 saturated carbocycles. The molecule has 2 aromatic heterocycles. The van der Waals surface area contributed by atoms with Gasteiger partial charge in [0.2, 0.25) is 5.91 Å². The maximum Gasteiger partial charge on any atom is 0.244 e. The zero-order valence-electron chi connectivity index (χ0n) is 16.2. The van der Waals surface area contributed by atoms with Crippen LogP contribution in [0.3, 0.4) is 0 Å². The lowest BCUT2D eigenvalue weighted by Crippen LogP contribution is -2.55. The molecule has 0 N–H and O–H groups in total. The van der Waals surface area contributed by atoms with Crippen molar-refractivity contribution in [3.05, 3.63) is 47.6 Å². The molecule has 1 saturated heterocycles. The van der Waals surface area contributed by atoms with Crippen molar-refractivity contribution >= 4 is 34.1 Å². The number of rotatable bonds is 4. The molecule has 4 rings (SSSR count). The highest BCUT2D eigenvalue weighted by atomic mass is 35.5. The highest BCUT2D eigenvalue weighted by Gasteiger charge is 2.29. The molecule has 1 aliphatic heterocycles. The molecule has 1 aromatic carbocycles. The van der Waals surface area contributed by atoms with Gasteiger partial charge in [-0.1, -0.05) is 11.6 Å². The Morgan fingerprint density at radius 3 is 2.93 bits per heavy atom. The van der Waals surface area contributed by atoms with E-state index >= 15 is 0 Å². The van der Waals surface area contributed by atoms with Crippen molar-refractivity contribution in [2.24, 2.45) is 0 Å². The second-order valence-corrected chi connectivity index (χ2v) is 7.49. The first kappa shape index (κ1) is 19.4. The summed E-state index contributed by atoms with van der Waals surface area (Å²) >= 11 is 5.99. The third-order valence-corrected chi connectivity index (χ3v) is 5.46. The van der Waals surface area contributed by atoms with Crippen LogP contribution in [0.1, 0.15) is 6.92 Å². The molecule has 0 radical (unpaired) electrons. The molecule has 1 amide bonds. The van der Waals surface area contributed by atoms with Gasteiger partial charge in [0, 0.05) is 49.5 Å². The van der Waals surface area contributed by atoms with Crippen LogP contribution in [-0.2, 0) is 11.3 Å². The van der Waals surface area contributed by atoms with E-state index in [4.69, 9.17) is 16.3 Å². The summed E-state index contributed by atoms with van der Waals surface area (Å²) in [7, 11) is 1.50. The summed E-state index contributed by atoms with van der Waals surface area (Å²) in [6.07, 6.45) is 5.21. The fourth-order valence-electron chi connectivity index (χ4n) is 3.69. The highest BCUT2D eigenvalue weighted by Crippen LogP contribution is 2.33. The summed E-state index contributed by atoms with van der Waals surface area (Å²) < 4.78 is 21.3. The topological polar surface area (TPSA) is 63.5 Å². The van der Waals surface area contributed by atoms with Gasteiger partial charge in [0.1, 0.15) is 23.6 Å².